The predicted molar refractivity (Wildman–Crippen MR) is 132 cm³/mol. The molecular weight excluding hydrogens is 558 g/mol. The summed E-state index contributed by atoms with van der Waals surface area (Å²) in [5.41, 5.74) is 9.25. The Kier molecular flexibility index (Phi) is 6.53. The summed E-state index contributed by atoms with van der Waals surface area (Å²) >= 11 is 0. The highest BCUT2D eigenvalue weighted by Gasteiger charge is 2.56. The standard InChI is InChI=1S/C20H24FN10O8P/c21-10-9(2-32)39-19(31-6-27-12-16(31)28-20(23)29-17(12)34)13(10)40(35,36)37-3-7-1-8(33)18(38-7)30-5-26-11-14(22)24-4-25-15(11)30/h4-10,13,18-19,32-33H,1-3H2,(H,35,36)(H2,22,24,25)(H3,23,28,29,34)/t7?,8-,9-,10-,13-,18-,19-/m1/s1. The van der Waals surface area contributed by atoms with E-state index in [1.54, 1.807) is 0 Å². The van der Waals surface area contributed by atoms with E-state index in [-0.39, 0.29) is 29.4 Å². The molecule has 2 unspecified atom stereocenters. The Balaban J connectivity index is 1.23. The van der Waals surface area contributed by atoms with Crippen molar-refractivity contribution < 1.29 is 38.1 Å². The third-order valence-corrected chi connectivity index (χ3v) is 8.65. The average Bonchev–Trinajstić information content (AvgIpc) is 3.67. The van der Waals surface area contributed by atoms with Gasteiger partial charge in [0.2, 0.25) is 5.95 Å². The van der Waals surface area contributed by atoms with Gasteiger partial charge >= 0.3 is 7.60 Å². The summed E-state index contributed by atoms with van der Waals surface area (Å²) in [7, 11) is -4.87. The van der Waals surface area contributed by atoms with Gasteiger partial charge in [-0.05, 0) is 0 Å². The Morgan fingerprint density at radius 2 is 1.85 bits per heavy atom. The van der Waals surface area contributed by atoms with Crippen molar-refractivity contribution in [2.45, 2.75) is 49.0 Å². The molecule has 40 heavy (non-hydrogen) atoms. The molecule has 6 heterocycles. The van der Waals surface area contributed by atoms with Crippen LogP contribution < -0.4 is 17.0 Å². The molecule has 2 aliphatic rings. The van der Waals surface area contributed by atoms with E-state index >= 15 is 4.39 Å². The first-order valence-corrected chi connectivity index (χ1v) is 13.6. The Morgan fingerprint density at radius 3 is 2.60 bits per heavy atom. The van der Waals surface area contributed by atoms with Gasteiger partial charge < -0.3 is 40.6 Å². The molecule has 6 rings (SSSR count). The average molecular weight is 582 g/mol. The molecule has 0 aromatic carbocycles. The zero-order valence-electron chi connectivity index (χ0n) is 20.4. The van der Waals surface area contributed by atoms with Crippen molar-refractivity contribution in [3.63, 3.8) is 0 Å². The molecule has 4 aromatic heterocycles. The van der Waals surface area contributed by atoms with Crippen LogP contribution in [0.3, 0.4) is 0 Å². The number of aromatic nitrogens is 8. The largest absolute Gasteiger partial charge is 0.394 e. The summed E-state index contributed by atoms with van der Waals surface area (Å²) in [4.78, 5) is 45.4. The number of anilines is 2. The zero-order chi connectivity index (χ0) is 28.3. The fraction of sp³-hybridized carbons (Fsp3) is 0.500. The number of alkyl halides is 1. The number of ether oxygens (including phenoxy) is 2. The molecule has 2 fully saturated rings. The number of rotatable bonds is 7. The van der Waals surface area contributed by atoms with E-state index in [2.05, 4.69) is 29.9 Å². The van der Waals surface area contributed by atoms with Gasteiger partial charge in [0, 0.05) is 6.42 Å². The number of nitrogens with two attached hydrogens (primary N) is 2. The third-order valence-electron chi connectivity index (χ3n) is 6.84. The van der Waals surface area contributed by atoms with Gasteiger partial charge in [-0.15, -0.1) is 0 Å². The molecule has 0 spiro atoms. The Hall–Kier alpha value is -3.58. The molecular formula is C20H24FN10O8P. The van der Waals surface area contributed by atoms with E-state index in [0.717, 1.165) is 10.9 Å². The lowest BCUT2D eigenvalue weighted by Crippen LogP contribution is -2.31. The monoisotopic (exact) mass is 582 g/mol. The maximum absolute atomic E-state index is 15.4. The topological polar surface area (TPSA) is 265 Å². The van der Waals surface area contributed by atoms with Gasteiger partial charge in [0.25, 0.3) is 5.56 Å². The summed E-state index contributed by atoms with van der Waals surface area (Å²) in [6.45, 7) is -1.30. The second-order valence-corrected chi connectivity index (χ2v) is 11.3. The van der Waals surface area contributed by atoms with Crippen molar-refractivity contribution in [2.75, 3.05) is 24.7 Å². The maximum Gasteiger partial charge on any atom is 0.338 e. The van der Waals surface area contributed by atoms with Gasteiger partial charge in [-0.25, -0.2) is 24.3 Å². The minimum absolute atomic E-state index is 0.00590. The van der Waals surface area contributed by atoms with Gasteiger partial charge in [-0.3, -0.25) is 23.5 Å². The van der Waals surface area contributed by atoms with Crippen LogP contribution in [-0.4, -0.2) is 97.5 Å². The van der Waals surface area contributed by atoms with Gasteiger partial charge in [0.05, 0.1) is 32.0 Å². The molecule has 214 valence electrons. The lowest BCUT2D eigenvalue weighted by Gasteiger charge is -2.26. The molecule has 0 saturated carbocycles. The van der Waals surface area contributed by atoms with Crippen molar-refractivity contribution in [3.05, 3.63) is 29.3 Å². The molecule has 0 aliphatic carbocycles. The molecule has 4 aromatic rings. The van der Waals surface area contributed by atoms with Gasteiger partial charge in [-0.2, -0.15) is 4.98 Å². The van der Waals surface area contributed by atoms with Crippen LogP contribution in [0.2, 0.25) is 0 Å². The van der Waals surface area contributed by atoms with Gasteiger partial charge in [0.15, 0.2) is 35.1 Å². The number of nitrogens with one attached hydrogen (secondary N) is 1. The van der Waals surface area contributed by atoms with E-state index < -0.39 is 69.0 Å². The van der Waals surface area contributed by atoms with E-state index in [1.807, 2.05) is 0 Å². The number of aliphatic hydroxyl groups excluding tert-OH is 2. The van der Waals surface area contributed by atoms with Crippen LogP contribution in [0.5, 0.6) is 0 Å². The molecule has 2 saturated heterocycles. The summed E-state index contributed by atoms with van der Waals surface area (Å²) in [5, 5.41) is 20.2. The van der Waals surface area contributed by atoms with Crippen molar-refractivity contribution in [1.82, 2.24) is 39.0 Å². The Morgan fingerprint density at radius 1 is 1.12 bits per heavy atom. The number of fused-ring (bicyclic) bond motifs is 2. The highest BCUT2D eigenvalue weighted by molar-refractivity contribution is 7.53. The smallest absolute Gasteiger partial charge is 0.338 e. The van der Waals surface area contributed by atoms with Crippen LogP contribution in [0, 0.1) is 0 Å². The molecule has 18 nitrogen and oxygen atoms in total. The highest BCUT2D eigenvalue weighted by Crippen LogP contribution is 2.58. The molecule has 0 bridgehead atoms. The quantitative estimate of drug-likeness (QED) is 0.136. The second-order valence-electron chi connectivity index (χ2n) is 9.35. The number of aliphatic hydroxyl groups is 2. The normalized spacial score (nSPS) is 30.4. The molecule has 2 aliphatic heterocycles. The number of halogens is 1. The predicted octanol–water partition coefficient (Wildman–Crippen LogP) is -1.43. The number of hydrogen-bond acceptors (Lipinski definition) is 14. The number of imidazole rings is 2. The highest BCUT2D eigenvalue weighted by atomic mass is 31.2. The van der Waals surface area contributed by atoms with Gasteiger partial charge in [-0.1, -0.05) is 0 Å². The Labute approximate surface area is 222 Å². The number of H-pyrrole nitrogens is 1. The van der Waals surface area contributed by atoms with Crippen LogP contribution in [0.1, 0.15) is 18.9 Å². The zero-order valence-corrected chi connectivity index (χ0v) is 21.3. The first-order chi connectivity index (χ1) is 19.1. The molecule has 8 atom stereocenters. The van der Waals surface area contributed by atoms with E-state index in [0.29, 0.717) is 11.2 Å². The molecule has 0 amide bonds. The van der Waals surface area contributed by atoms with Crippen molar-refractivity contribution in [3.8, 4) is 0 Å². The van der Waals surface area contributed by atoms with Crippen molar-refractivity contribution >= 4 is 41.7 Å². The molecule has 20 heteroatoms. The van der Waals surface area contributed by atoms with E-state index in [9.17, 15) is 24.5 Å². The summed E-state index contributed by atoms with van der Waals surface area (Å²) < 4.78 is 48.1. The fourth-order valence-corrected chi connectivity index (χ4v) is 6.62. The van der Waals surface area contributed by atoms with Crippen LogP contribution in [0.15, 0.2) is 23.8 Å². The third kappa shape index (κ3) is 4.31. The van der Waals surface area contributed by atoms with Crippen molar-refractivity contribution in [1.29, 1.82) is 0 Å². The maximum atomic E-state index is 15.4. The number of nitrogen functional groups attached to an aromatic ring is 2. The van der Waals surface area contributed by atoms with Crippen LogP contribution in [0.25, 0.3) is 22.3 Å². The Bertz CT molecular complexity index is 1680. The van der Waals surface area contributed by atoms with Gasteiger partial charge in [0.1, 0.15) is 35.9 Å². The lowest BCUT2D eigenvalue weighted by molar-refractivity contribution is -0.0475. The van der Waals surface area contributed by atoms with Crippen LogP contribution in [0.4, 0.5) is 16.2 Å². The molecule has 0 radical (unpaired) electrons. The van der Waals surface area contributed by atoms with E-state index in [1.165, 1.54) is 17.2 Å². The summed E-state index contributed by atoms with van der Waals surface area (Å²) in [5.74, 6) is -0.125. The summed E-state index contributed by atoms with van der Waals surface area (Å²) in [6, 6.07) is 0. The van der Waals surface area contributed by atoms with Crippen LogP contribution >= 0.6 is 7.60 Å². The minimum Gasteiger partial charge on any atom is -0.394 e. The second kappa shape index (κ2) is 9.81. The summed E-state index contributed by atoms with van der Waals surface area (Å²) in [6.07, 6.45) is -4.37. The fourth-order valence-electron chi connectivity index (χ4n) is 4.98. The number of nitrogens with zero attached hydrogens (tertiary/aromatic N) is 7. The van der Waals surface area contributed by atoms with Crippen molar-refractivity contribution in [2.24, 2.45) is 0 Å². The molecule has 8 N–H and O–H groups in total. The first kappa shape index (κ1) is 26.6. The lowest BCUT2D eigenvalue weighted by atomic mass is 10.2. The first-order valence-electron chi connectivity index (χ1n) is 11.9. The van der Waals surface area contributed by atoms with E-state index in [4.69, 9.17) is 25.5 Å². The number of aromatic amines is 1. The van der Waals surface area contributed by atoms with Crippen LogP contribution in [-0.2, 0) is 18.6 Å². The number of hydrogen-bond donors (Lipinski definition) is 6. The SMILES string of the molecule is Nc1nc2c(ncn2[C@@H]2O[C@H](CO)[C@@H](F)[C@H]2P(=O)(O)OCC2C[C@@H](O)[C@H](n3cnc4c(N)ncnc43)O2)c(=O)[nH]1. The minimum atomic E-state index is -4.87.